The molecule has 0 bridgehead atoms. The van der Waals surface area contributed by atoms with Crippen molar-refractivity contribution in [2.45, 2.75) is 33.9 Å². The summed E-state index contributed by atoms with van der Waals surface area (Å²) in [6.07, 6.45) is -4.94. The van der Waals surface area contributed by atoms with Gasteiger partial charge < -0.3 is 9.13 Å². The molecule has 2 heterocycles. The highest BCUT2D eigenvalue weighted by molar-refractivity contribution is 6.13. The Labute approximate surface area is 426 Å². The summed E-state index contributed by atoms with van der Waals surface area (Å²) in [5, 5.41) is 23.8. The number of rotatable bonds is 7. The van der Waals surface area contributed by atoms with Gasteiger partial charge in [0.1, 0.15) is 5.56 Å². The summed E-state index contributed by atoms with van der Waals surface area (Å²) in [7, 11) is 0. The molecule has 354 valence electrons. The molecule has 0 amide bonds. The molecule has 0 saturated carbocycles. The maximum Gasteiger partial charge on any atom is 0.420 e. The minimum Gasteiger partial charge on any atom is -0.308 e. The summed E-state index contributed by atoms with van der Waals surface area (Å²) in [6.45, 7) is 8.14. The lowest BCUT2D eigenvalue weighted by atomic mass is 9.96. The number of hydrogen-bond acceptors (Lipinski definition) is 2. The maximum atomic E-state index is 17.3. The molecule has 2 aromatic heterocycles. The van der Waals surface area contributed by atoms with Crippen LogP contribution >= 0.6 is 0 Å². The van der Waals surface area contributed by atoms with E-state index in [0.29, 0.717) is 33.2 Å². The van der Waals surface area contributed by atoms with E-state index in [-0.39, 0.29) is 22.5 Å². The summed E-state index contributed by atoms with van der Waals surface area (Å²) in [5.41, 5.74) is 14.0. The van der Waals surface area contributed by atoms with Crippen LogP contribution in [0.2, 0.25) is 0 Å². The first kappa shape index (κ1) is 45.7. The van der Waals surface area contributed by atoms with Crippen LogP contribution in [0.1, 0.15) is 38.9 Å². The standard InChI is InChI=1S/C67H45F3N4/c1-40-13-5-9-17-52(40)46-21-25-56-57-26-22-47(53-18-10-6-14-41(53)2)33-61(57)73(60(56)32-46)64-36-51(50-30-44(38-71)29-45(31-50)39-72)37-65(66(64)67(68,69)70)74-62-34-48(54-19-11-7-15-42(54)3)23-27-58(62)59-28-24-49(35-63(59)74)55-20-12-8-16-43(55)4/h5-37H,1-4H3. The molecule has 0 fully saturated rings. The van der Waals surface area contributed by atoms with E-state index in [2.05, 4.69) is 12.1 Å². The minimum atomic E-state index is -4.94. The van der Waals surface area contributed by atoms with Crippen molar-refractivity contribution in [2.24, 2.45) is 0 Å². The van der Waals surface area contributed by atoms with Gasteiger partial charge in [-0.15, -0.1) is 0 Å². The van der Waals surface area contributed by atoms with Gasteiger partial charge in [0.15, 0.2) is 0 Å². The Morgan fingerprint density at radius 3 is 0.892 bits per heavy atom. The zero-order valence-corrected chi connectivity index (χ0v) is 41.0. The Balaban J connectivity index is 1.29. The molecule has 0 unspecified atom stereocenters. The normalized spacial score (nSPS) is 11.7. The molecular formula is C67H45F3N4. The molecule has 0 aliphatic heterocycles. The second-order valence-electron chi connectivity index (χ2n) is 19.3. The average molecular weight is 963 g/mol. The molecule has 4 nitrogen and oxygen atoms in total. The molecule has 0 N–H and O–H groups in total. The van der Waals surface area contributed by atoms with Gasteiger partial charge >= 0.3 is 6.18 Å². The van der Waals surface area contributed by atoms with Crippen molar-refractivity contribution in [3.05, 3.63) is 239 Å². The van der Waals surface area contributed by atoms with E-state index >= 15 is 13.2 Å². The average Bonchev–Trinajstić information content (AvgIpc) is 3.93. The van der Waals surface area contributed by atoms with Gasteiger partial charge in [-0.3, -0.25) is 0 Å². The molecule has 7 heteroatoms. The molecule has 0 saturated heterocycles. The molecule has 74 heavy (non-hydrogen) atoms. The lowest BCUT2D eigenvalue weighted by Crippen LogP contribution is -2.16. The highest BCUT2D eigenvalue weighted by Crippen LogP contribution is 2.48. The second-order valence-corrected chi connectivity index (χ2v) is 19.3. The first-order valence-electron chi connectivity index (χ1n) is 24.5. The van der Waals surface area contributed by atoms with Crippen molar-refractivity contribution in [1.29, 1.82) is 10.5 Å². The van der Waals surface area contributed by atoms with Gasteiger partial charge in [-0.25, -0.2) is 0 Å². The third-order valence-corrected chi connectivity index (χ3v) is 14.7. The van der Waals surface area contributed by atoms with Crippen LogP contribution in [0.4, 0.5) is 13.2 Å². The van der Waals surface area contributed by atoms with Gasteiger partial charge in [0.05, 0.1) is 56.7 Å². The molecular weight excluding hydrogens is 918 g/mol. The van der Waals surface area contributed by atoms with Crippen LogP contribution in [0.15, 0.2) is 200 Å². The Kier molecular flexibility index (Phi) is 10.9. The number of fused-ring (bicyclic) bond motifs is 6. The van der Waals surface area contributed by atoms with E-state index in [9.17, 15) is 10.5 Å². The summed E-state index contributed by atoms with van der Waals surface area (Å²) < 4.78 is 55.6. The quantitative estimate of drug-likeness (QED) is 0.160. The molecule has 12 aromatic rings. The van der Waals surface area contributed by atoms with Gasteiger partial charge in [0, 0.05) is 21.5 Å². The molecule has 0 atom stereocenters. The van der Waals surface area contributed by atoms with Crippen LogP contribution in [0.3, 0.4) is 0 Å². The predicted octanol–water partition coefficient (Wildman–Crippen LogP) is 18.2. The van der Waals surface area contributed by atoms with Crippen LogP contribution in [-0.2, 0) is 6.18 Å². The van der Waals surface area contributed by atoms with E-state index < -0.39 is 11.7 Å². The summed E-state index contributed by atoms with van der Waals surface area (Å²) in [4.78, 5) is 0. The largest absolute Gasteiger partial charge is 0.420 e. The number of aryl methyl sites for hydroxylation is 4. The zero-order valence-electron chi connectivity index (χ0n) is 41.0. The van der Waals surface area contributed by atoms with Crippen LogP contribution < -0.4 is 0 Å². The number of aromatic nitrogens is 2. The molecule has 0 spiro atoms. The molecule has 0 aliphatic rings. The first-order chi connectivity index (χ1) is 35.9. The number of hydrogen-bond donors (Lipinski definition) is 0. The van der Waals surface area contributed by atoms with Crippen molar-refractivity contribution in [2.75, 3.05) is 0 Å². The van der Waals surface area contributed by atoms with Gasteiger partial charge in [0.2, 0.25) is 0 Å². The summed E-state index contributed by atoms with van der Waals surface area (Å²) >= 11 is 0. The van der Waals surface area contributed by atoms with Gasteiger partial charge in [-0.1, -0.05) is 146 Å². The van der Waals surface area contributed by atoms with Crippen LogP contribution in [0.25, 0.3) is 111 Å². The molecule has 0 aliphatic carbocycles. The Bertz CT molecular complexity index is 3910. The zero-order chi connectivity index (χ0) is 51.0. The SMILES string of the molecule is Cc1ccccc1-c1ccc2c3ccc(-c4ccccc4C)cc3n(-c3cc(-c4cc(C#N)cc(C#N)c4)cc(-n4c5cc(-c6ccccc6C)ccc5c5ccc(-c6ccccc6C)cc54)c3C(F)(F)F)c2c1. The smallest absolute Gasteiger partial charge is 0.308 e. The number of alkyl halides is 3. The Morgan fingerprint density at radius 1 is 0.338 bits per heavy atom. The predicted molar refractivity (Wildman–Crippen MR) is 296 cm³/mol. The Hall–Kier alpha value is -9.43. The summed E-state index contributed by atoms with van der Waals surface area (Å²) in [5.74, 6) is 0. The molecule has 12 rings (SSSR count). The molecule has 0 radical (unpaired) electrons. The van der Waals surface area contributed by atoms with E-state index in [4.69, 9.17) is 0 Å². The molecule has 10 aromatic carbocycles. The van der Waals surface area contributed by atoms with E-state index in [1.54, 1.807) is 33.4 Å². The third kappa shape index (κ3) is 7.61. The summed E-state index contributed by atoms with van der Waals surface area (Å²) in [6, 6.07) is 68.7. The lowest BCUT2D eigenvalue weighted by molar-refractivity contribution is -0.137. The third-order valence-electron chi connectivity index (χ3n) is 14.7. The monoisotopic (exact) mass is 962 g/mol. The van der Waals surface area contributed by atoms with E-state index in [0.717, 1.165) is 88.3 Å². The maximum absolute atomic E-state index is 17.3. The first-order valence-corrected chi connectivity index (χ1v) is 24.5. The van der Waals surface area contributed by atoms with Crippen LogP contribution in [0.5, 0.6) is 0 Å². The Morgan fingerprint density at radius 2 is 0.622 bits per heavy atom. The van der Waals surface area contributed by atoms with Crippen LogP contribution in [-0.4, -0.2) is 9.13 Å². The van der Waals surface area contributed by atoms with E-state index in [1.807, 2.05) is 198 Å². The fourth-order valence-electron chi connectivity index (χ4n) is 11.2. The van der Waals surface area contributed by atoms with Gasteiger partial charge in [-0.05, 0) is 160 Å². The number of nitrogens with zero attached hydrogens (tertiary/aromatic N) is 4. The van der Waals surface area contributed by atoms with Crippen molar-refractivity contribution in [3.8, 4) is 79.1 Å². The van der Waals surface area contributed by atoms with Crippen molar-refractivity contribution >= 4 is 43.6 Å². The lowest BCUT2D eigenvalue weighted by Gasteiger charge is -2.23. The van der Waals surface area contributed by atoms with E-state index in [1.165, 1.54) is 6.07 Å². The van der Waals surface area contributed by atoms with Gasteiger partial charge in [-0.2, -0.15) is 23.7 Å². The van der Waals surface area contributed by atoms with Crippen LogP contribution in [0, 0.1) is 50.4 Å². The fourth-order valence-corrected chi connectivity index (χ4v) is 11.2. The number of halogens is 3. The highest BCUT2D eigenvalue weighted by Gasteiger charge is 2.40. The highest BCUT2D eigenvalue weighted by atomic mass is 19.4. The minimum absolute atomic E-state index is 0.102. The van der Waals surface area contributed by atoms with Crippen molar-refractivity contribution in [1.82, 2.24) is 9.13 Å². The topological polar surface area (TPSA) is 57.4 Å². The van der Waals surface area contributed by atoms with Crippen molar-refractivity contribution < 1.29 is 13.2 Å². The van der Waals surface area contributed by atoms with Crippen molar-refractivity contribution in [3.63, 3.8) is 0 Å². The number of nitriles is 2. The fraction of sp³-hybridized carbons (Fsp3) is 0.0746. The second kappa shape index (κ2) is 17.7. The number of benzene rings is 10. The van der Waals surface area contributed by atoms with Gasteiger partial charge in [0.25, 0.3) is 0 Å².